The quantitative estimate of drug-likeness (QED) is 0.877. The van der Waals surface area contributed by atoms with Crippen molar-refractivity contribution >= 4 is 5.78 Å². The average molecular weight is 305 g/mol. The number of methoxy groups -OCH3 is 1. The molecular weight excluding hydrogens is 278 g/mol. The predicted molar refractivity (Wildman–Crippen MR) is 86.8 cm³/mol. The molecule has 22 heavy (non-hydrogen) atoms. The number of aliphatic hydroxyl groups is 1. The van der Waals surface area contributed by atoms with Gasteiger partial charge in [0, 0.05) is 18.0 Å². The molecule has 1 N–H and O–H groups in total. The molecule has 2 unspecified atom stereocenters. The fraction of sp³-hybridized carbons (Fsp3) is 0.611. The third-order valence-electron chi connectivity index (χ3n) is 4.87. The van der Waals surface area contributed by atoms with Gasteiger partial charge >= 0.3 is 0 Å². The van der Waals surface area contributed by atoms with Gasteiger partial charge in [0.05, 0.1) is 7.11 Å². The minimum Gasteiger partial charge on any atom is -0.497 e. The van der Waals surface area contributed by atoms with Gasteiger partial charge in [-0.15, -0.1) is 0 Å². The number of nitrogens with zero attached hydrogens (tertiary/aromatic N) is 1. The maximum absolute atomic E-state index is 12.6. The molecule has 0 aromatic heterocycles. The highest BCUT2D eigenvalue weighted by Gasteiger charge is 2.39. The molecule has 4 heteroatoms. The van der Waals surface area contributed by atoms with Crippen LogP contribution in [0.1, 0.15) is 51.6 Å². The van der Waals surface area contributed by atoms with E-state index in [9.17, 15) is 9.90 Å². The van der Waals surface area contributed by atoms with Gasteiger partial charge in [0.2, 0.25) is 0 Å². The number of likely N-dealkylation sites (tertiary alicyclic amines) is 1. The van der Waals surface area contributed by atoms with Crippen LogP contribution in [0.5, 0.6) is 5.75 Å². The van der Waals surface area contributed by atoms with Crippen LogP contribution in [0.2, 0.25) is 0 Å². The van der Waals surface area contributed by atoms with Crippen LogP contribution < -0.4 is 4.74 Å². The van der Waals surface area contributed by atoms with Crippen LogP contribution in [0.3, 0.4) is 0 Å². The Kier molecular flexibility index (Phi) is 5.24. The van der Waals surface area contributed by atoms with E-state index in [4.69, 9.17) is 4.74 Å². The van der Waals surface area contributed by atoms with E-state index in [1.54, 1.807) is 7.11 Å². The predicted octanol–water partition coefficient (Wildman–Crippen LogP) is 3.16. The van der Waals surface area contributed by atoms with Crippen LogP contribution in [0, 0.1) is 5.41 Å². The summed E-state index contributed by atoms with van der Waals surface area (Å²) >= 11 is 0. The second kappa shape index (κ2) is 6.80. The summed E-state index contributed by atoms with van der Waals surface area (Å²) in [4.78, 5) is 14.5. The largest absolute Gasteiger partial charge is 0.497 e. The lowest BCUT2D eigenvalue weighted by Gasteiger charge is -2.33. The average Bonchev–Trinajstić information content (AvgIpc) is 3.03. The van der Waals surface area contributed by atoms with Crippen molar-refractivity contribution in [3.63, 3.8) is 0 Å². The number of benzene rings is 1. The topological polar surface area (TPSA) is 49.8 Å². The minimum absolute atomic E-state index is 0.0710. The molecule has 0 bridgehead atoms. The number of carbonyl (C=O) groups excluding carboxylic acids is 1. The van der Waals surface area contributed by atoms with Crippen LogP contribution in [-0.4, -0.2) is 35.7 Å². The monoisotopic (exact) mass is 305 g/mol. The maximum Gasteiger partial charge on any atom is 0.181 e. The van der Waals surface area contributed by atoms with Gasteiger partial charge < -0.3 is 9.84 Å². The molecule has 1 aromatic carbocycles. The number of carbonyl (C=O) groups is 1. The molecule has 1 fully saturated rings. The van der Waals surface area contributed by atoms with E-state index in [1.165, 1.54) is 0 Å². The molecule has 0 aliphatic carbocycles. The first-order valence-corrected chi connectivity index (χ1v) is 8.02. The highest BCUT2D eigenvalue weighted by molar-refractivity contribution is 5.87. The van der Waals surface area contributed by atoms with E-state index in [0.29, 0.717) is 0 Å². The van der Waals surface area contributed by atoms with Crippen LogP contribution in [0.15, 0.2) is 24.3 Å². The lowest BCUT2D eigenvalue weighted by molar-refractivity contribution is -0.147. The van der Waals surface area contributed by atoms with Gasteiger partial charge in [-0.3, -0.25) is 9.69 Å². The summed E-state index contributed by atoms with van der Waals surface area (Å²) in [5, 5.41) is 10.6. The van der Waals surface area contributed by atoms with Gasteiger partial charge in [-0.2, -0.15) is 0 Å². The van der Waals surface area contributed by atoms with E-state index in [1.807, 2.05) is 49.9 Å². The number of rotatable bonds is 6. The van der Waals surface area contributed by atoms with Gasteiger partial charge in [-0.05, 0) is 37.0 Å². The van der Waals surface area contributed by atoms with Gasteiger partial charge in [0.1, 0.15) is 5.75 Å². The Hall–Kier alpha value is -1.39. The molecule has 122 valence electrons. The Morgan fingerprint density at radius 2 is 2.23 bits per heavy atom. The Morgan fingerprint density at radius 3 is 2.86 bits per heavy atom. The van der Waals surface area contributed by atoms with Crippen molar-refractivity contribution in [1.29, 1.82) is 0 Å². The molecular formula is C18H27NO3. The van der Waals surface area contributed by atoms with Gasteiger partial charge in [0.25, 0.3) is 0 Å². The van der Waals surface area contributed by atoms with E-state index in [0.717, 1.165) is 37.1 Å². The molecule has 1 aliphatic rings. The molecule has 0 spiro atoms. The number of hydrogen-bond donors (Lipinski definition) is 1. The Labute approximate surface area is 133 Å². The third-order valence-corrected chi connectivity index (χ3v) is 4.87. The van der Waals surface area contributed by atoms with E-state index in [2.05, 4.69) is 0 Å². The van der Waals surface area contributed by atoms with Crippen LogP contribution in [-0.2, 0) is 4.79 Å². The van der Waals surface area contributed by atoms with E-state index < -0.39 is 11.6 Å². The molecule has 0 radical (unpaired) electrons. The third kappa shape index (κ3) is 3.33. The smallest absolute Gasteiger partial charge is 0.181 e. The fourth-order valence-electron chi connectivity index (χ4n) is 2.96. The molecule has 0 saturated carbocycles. The molecule has 2 rings (SSSR count). The first kappa shape index (κ1) is 17.0. The van der Waals surface area contributed by atoms with Crippen molar-refractivity contribution in [3.8, 4) is 5.75 Å². The second-order valence-corrected chi connectivity index (χ2v) is 6.65. The minimum atomic E-state index is -1.03. The fourth-order valence-corrected chi connectivity index (χ4v) is 2.96. The highest BCUT2D eigenvalue weighted by Crippen LogP contribution is 2.36. The van der Waals surface area contributed by atoms with Crippen molar-refractivity contribution in [2.24, 2.45) is 5.41 Å². The lowest BCUT2D eigenvalue weighted by atomic mass is 9.84. The summed E-state index contributed by atoms with van der Waals surface area (Å²) < 4.78 is 5.28. The van der Waals surface area contributed by atoms with E-state index in [-0.39, 0.29) is 11.8 Å². The van der Waals surface area contributed by atoms with Gasteiger partial charge in [-0.25, -0.2) is 0 Å². The van der Waals surface area contributed by atoms with E-state index >= 15 is 0 Å². The molecule has 1 aromatic rings. The molecule has 4 nitrogen and oxygen atoms in total. The van der Waals surface area contributed by atoms with Gasteiger partial charge in [-0.1, -0.05) is 32.9 Å². The first-order valence-electron chi connectivity index (χ1n) is 8.02. The standard InChI is InChI=1S/C18H27NO3/c1-5-18(2,3)16(20)17(21)19-11-7-10-15(19)13-8-6-9-14(12-13)22-4/h6,8-9,12,15,17,21H,5,7,10-11H2,1-4H3. The normalized spacial score (nSPS) is 20.9. The SMILES string of the molecule is CCC(C)(C)C(=O)C(O)N1CCCC1c1cccc(OC)c1. The molecule has 1 aliphatic heterocycles. The number of aliphatic hydroxyl groups excluding tert-OH is 1. The molecule has 1 saturated heterocycles. The summed E-state index contributed by atoms with van der Waals surface area (Å²) in [5.41, 5.74) is 0.596. The Morgan fingerprint density at radius 1 is 1.50 bits per heavy atom. The Balaban J connectivity index is 2.21. The zero-order chi connectivity index (χ0) is 16.3. The maximum atomic E-state index is 12.6. The lowest BCUT2D eigenvalue weighted by Crippen LogP contribution is -2.46. The highest BCUT2D eigenvalue weighted by atomic mass is 16.5. The Bertz CT molecular complexity index is 527. The number of hydrogen-bond acceptors (Lipinski definition) is 4. The van der Waals surface area contributed by atoms with Crippen molar-refractivity contribution in [1.82, 2.24) is 4.90 Å². The summed E-state index contributed by atoms with van der Waals surface area (Å²) in [7, 11) is 1.65. The zero-order valence-corrected chi connectivity index (χ0v) is 14.0. The van der Waals surface area contributed by atoms with Crippen molar-refractivity contribution in [2.75, 3.05) is 13.7 Å². The summed E-state index contributed by atoms with van der Waals surface area (Å²) in [6.07, 6.45) is 1.62. The molecule has 1 heterocycles. The van der Waals surface area contributed by atoms with Crippen LogP contribution in [0.25, 0.3) is 0 Å². The molecule has 0 amide bonds. The van der Waals surface area contributed by atoms with Crippen molar-refractivity contribution in [3.05, 3.63) is 29.8 Å². The first-order chi connectivity index (χ1) is 10.4. The van der Waals surface area contributed by atoms with Crippen molar-refractivity contribution in [2.45, 2.75) is 52.3 Å². The number of Topliss-reactive ketones (excluding diaryl/α,β-unsaturated/α-hetero) is 1. The van der Waals surface area contributed by atoms with Gasteiger partial charge in [0.15, 0.2) is 12.0 Å². The van der Waals surface area contributed by atoms with Crippen LogP contribution >= 0.6 is 0 Å². The second-order valence-electron chi connectivity index (χ2n) is 6.65. The number of ketones is 1. The summed E-state index contributed by atoms with van der Waals surface area (Å²) in [6, 6.07) is 7.96. The summed E-state index contributed by atoms with van der Waals surface area (Å²) in [5.74, 6) is 0.712. The molecule has 2 atom stereocenters. The van der Waals surface area contributed by atoms with Crippen LogP contribution in [0.4, 0.5) is 0 Å². The zero-order valence-electron chi connectivity index (χ0n) is 14.0. The van der Waals surface area contributed by atoms with Crippen molar-refractivity contribution < 1.29 is 14.6 Å². The number of ether oxygens (including phenoxy) is 1. The summed E-state index contributed by atoms with van der Waals surface area (Å²) in [6.45, 7) is 6.52.